The Morgan fingerprint density at radius 1 is 1.31 bits per heavy atom. The zero-order valence-corrected chi connectivity index (χ0v) is 9.60. The molecular weight excluding hydrogens is 206 g/mol. The molecule has 0 fully saturated rings. The molecule has 0 spiro atoms. The Balaban J connectivity index is 2.98. The highest BCUT2D eigenvalue weighted by molar-refractivity contribution is 5.43. The first-order chi connectivity index (χ1) is 7.58. The number of ether oxygens (including phenoxy) is 2. The highest BCUT2D eigenvalue weighted by atomic mass is 16.5. The van der Waals surface area contributed by atoms with Crippen LogP contribution in [0.25, 0.3) is 0 Å². The summed E-state index contributed by atoms with van der Waals surface area (Å²) in [5.41, 5.74) is 0.744. The minimum absolute atomic E-state index is 0.501. The van der Waals surface area contributed by atoms with Crippen LogP contribution in [0, 0.1) is 11.3 Å². The molecule has 2 atom stereocenters. The molecule has 1 N–H and O–H groups in total. The quantitative estimate of drug-likeness (QED) is 0.845. The summed E-state index contributed by atoms with van der Waals surface area (Å²) < 4.78 is 10.5. The topological polar surface area (TPSA) is 62.5 Å². The van der Waals surface area contributed by atoms with E-state index in [1.807, 2.05) is 6.07 Å². The molecule has 1 rings (SSSR count). The van der Waals surface area contributed by atoms with E-state index in [1.54, 1.807) is 32.0 Å². The molecular formula is C12H15NO3. The Morgan fingerprint density at radius 2 is 2.00 bits per heavy atom. The molecule has 4 heteroatoms. The zero-order chi connectivity index (χ0) is 12.1. The first kappa shape index (κ1) is 12.3. The summed E-state index contributed by atoms with van der Waals surface area (Å²) >= 11 is 0. The second-order valence-corrected chi connectivity index (χ2v) is 3.48. The lowest BCUT2D eigenvalue weighted by Gasteiger charge is -2.14. The van der Waals surface area contributed by atoms with Crippen molar-refractivity contribution < 1.29 is 14.6 Å². The number of hydrogen-bond donors (Lipinski definition) is 1. The first-order valence-corrected chi connectivity index (χ1v) is 5.00. The maximum absolute atomic E-state index is 9.41. The third kappa shape index (κ3) is 2.88. The van der Waals surface area contributed by atoms with Gasteiger partial charge in [-0.2, -0.15) is 5.26 Å². The zero-order valence-electron chi connectivity index (χ0n) is 9.60. The van der Waals surface area contributed by atoms with Crippen LogP contribution in [0.3, 0.4) is 0 Å². The third-order valence-corrected chi connectivity index (χ3v) is 2.16. The van der Waals surface area contributed by atoms with E-state index in [9.17, 15) is 5.11 Å². The van der Waals surface area contributed by atoms with Crippen LogP contribution in [0.15, 0.2) is 18.2 Å². The van der Waals surface area contributed by atoms with Gasteiger partial charge in [-0.25, -0.2) is 0 Å². The van der Waals surface area contributed by atoms with Crippen molar-refractivity contribution >= 4 is 0 Å². The molecule has 1 aromatic carbocycles. The van der Waals surface area contributed by atoms with Gasteiger partial charge in [0.15, 0.2) is 17.6 Å². The Bertz CT molecular complexity index is 396. The van der Waals surface area contributed by atoms with Gasteiger partial charge in [-0.3, -0.25) is 0 Å². The highest BCUT2D eigenvalue weighted by Crippen LogP contribution is 2.30. The Morgan fingerprint density at radius 3 is 2.50 bits per heavy atom. The summed E-state index contributed by atoms with van der Waals surface area (Å²) in [5, 5.41) is 18.1. The summed E-state index contributed by atoms with van der Waals surface area (Å²) in [6.45, 7) is 3.33. The third-order valence-electron chi connectivity index (χ3n) is 2.16. The molecule has 1 aromatic rings. The normalized spacial score (nSPS) is 13.7. The molecule has 0 aromatic heterocycles. The molecule has 0 radical (unpaired) electrons. The summed E-state index contributed by atoms with van der Waals surface area (Å²) in [6.07, 6.45) is -1.09. The molecule has 0 saturated carbocycles. The van der Waals surface area contributed by atoms with Crippen LogP contribution in [-0.2, 0) is 0 Å². The number of hydrogen-bond acceptors (Lipinski definition) is 4. The number of benzene rings is 1. The molecule has 0 aliphatic carbocycles. The van der Waals surface area contributed by atoms with Crippen molar-refractivity contribution in [3.05, 3.63) is 23.8 Å². The maximum atomic E-state index is 9.41. The van der Waals surface area contributed by atoms with Gasteiger partial charge in [0.1, 0.15) is 6.07 Å². The van der Waals surface area contributed by atoms with Gasteiger partial charge in [0.2, 0.25) is 0 Å². The van der Waals surface area contributed by atoms with E-state index in [4.69, 9.17) is 14.7 Å². The standard InChI is InChI=1S/C12H15NO3/c1-8(7-13)16-11-5-4-10(9(2)14)6-12(11)15-3/h4-6,8-9,14H,1-3H3/t8?,9-/m1/s1. The van der Waals surface area contributed by atoms with E-state index >= 15 is 0 Å². The van der Waals surface area contributed by atoms with Crippen LogP contribution < -0.4 is 9.47 Å². The van der Waals surface area contributed by atoms with Gasteiger partial charge in [0.05, 0.1) is 13.2 Å². The predicted octanol–water partition coefficient (Wildman–Crippen LogP) is 2.04. The van der Waals surface area contributed by atoms with Gasteiger partial charge in [0.25, 0.3) is 0 Å². The van der Waals surface area contributed by atoms with Crippen molar-refractivity contribution in [3.8, 4) is 17.6 Å². The number of nitrogens with zero attached hydrogens (tertiary/aromatic N) is 1. The van der Waals surface area contributed by atoms with Crippen molar-refractivity contribution in [3.63, 3.8) is 0 Å². The summed E-state index contributed by atoms with van der Waals surface area (Å²) in [5.74, 6) is 1.02. The lowest BCUT2D eigenvalue weighted by atomic mass is 10.1. The molecule has 0 aliphatic heterocycles. The van der Waals surface area contributed by atoms with Gasteiger partial charge in [-0.05, 0) is 31.5 Å². The maximum Gasteiger partial charge on any atom is 0.181 e. The fraction of sp³-hybridized carbons (Fsp3) is 0.417. The molecule has 0 aliphatic rings. The fourth-order valence-electron chi connectivity index (χ4n) is 1.26. The van der Waals surface area contributed by atoms with Gasteiger partial charge in [0, 0.05) is 0 Å². The average molecular weight is 221 g/mol. The van der Waals surface area contributed by atoms with Crippen molar-refractivity contribution in [2.45, 2.75) is 26.1 Å². The second-order valence-electron chi connectivity index (χ2n) is 3.48. The molecule has 1 unspecified atom stereocenters. The van der Waals surface area contributed by atoms with Crippen LogP contribution in [-0.4, -0.2) is 18.3 Å². The highest BCUT2D eigenvalue weighted by Gasteiger charge is 2.10. The molecule has 16 heavy (non-hydrogen) atoms. The van der Waals surface area contributed by atoms with Crippen LogP contribution >= 0.6 is 0 Å². The minimum Gasteiger partial charge on any atom is -0.493 e. The van der Waals surface area contributed by atoms with E-state index in [0.29, 0.717) is 11.5 Å². The van der Waals surface area contributed by atoms with Crippen molar-refractivity contribution in [2.24, 2.45) is 0 Å². The van der Waals surface area contributed by atoms with E-state index in [1.165, 1.54) is 7.11 Å². The van der Waals surface area contributed by atoms with Crippen LogP contribution in [0.4, 0.5) is 0 Å². The molecule has 86 valence electrons. The Hall–Kier alpha value is -1.73. The first-order valence-electron chi connectivity index (χ1n) is 5.00. The molecule has 0 amide bonds. The van der Waals surface area contributed by atoms with Gasteiger partial charge in [-0.15, -0.1) is 0 Å². The van der Waals surface area contributed by atoms with Crippen LogP contribution in [0.2, 0.25) is 0 Å². The Kier molecular flexibility index (Phi) is 4.15. The van der Waals surface area contributed by atoms with Crippen LogP contribution in [0.1, 0.15) is 25.5 Å². The van der Waals surface area contributed by atoms with E-state index in [-0.39, 0.29) is 0 Å². The summed E-state index contributed by atoms with van der Waals surface area (Å²) in [4.78, 5) is 0. The smallest absolute Gasteiger partial charge is 0.181 e. The van der Waals surface area contributed by atoms with Crippen molar-refractivity contribution in [1.82, 2.24) is 0 Å². The molecule has 0 heterocycles. The lowest BCUT2D eigenvalue weighted by molar-refractivity contribution is 0.198. The van der Waals surface area contributed by atoms with Crippen LogP contribution in [0.5, 0.6) is 11.5 Å². The number of rotatable bonds is 4. The van der Waals surface area contributed by atoms with E-state index in [2.05, 4.69) is 0 Å². The largest absolute Gasteiger partial charge is 0.493 e. The summed E-state index contributed by atoms with van der Waals surface area (Å²) in [7, 11) is 1.52. The van der Waals surface area contributed by atoms with Gasteiger partial charge in [-0.1, -0.05) is 6.07 Å². The number of aliphatic hydroxyl groups excluding tert-OH is 1. The van der Waals surface area contributed by atoms with Gasteiger partial charge >= 0.3 is 0 Å². The van der Waals surface area contributed by atoms with Crippen molar-refractivity contribution in [2.75, 3.05) is 7.11 Å². The SMILES string of the molecule is COc1cc([C@@H](C)O)ccc1OC(C)C#N. The monoisotopic (exact) mass is 221 g/mol. The molecule has 4 nitrogen and oxygen atoms in total. The molecule has 0 saturated heterocycles. The van der Waals surface area contributed by atoms with E-state index in [0.717, 1.165) is 5.56 Å². The number of nitriles is 1. The minimum atomic E-state index is -0.559. The molecule has 0 bridgehead atoms. The van der Waals surface area contributed by atoms with Crippen molar-refractivity contribution in [1.29, 1.82) is 5.26 Å². The van der Waals surface area contributed by atoms with Gasteiger partial charge < -0.3 is 14.6 Å². The predicted molar refractivity (Wildman–Crippen MR) is 59.3 cm³/mol. The summed E-state index contributed by atoms with van der Waals surface area (Å²) in [6, 6.07) is 7.11. The average Bonchev–Trinajstić information content (AvgIpc) is 2.29. The van der Waals surface area contributed by atoms with E-state index < -0.39 is 12.2 Å². The lowest BCUT2D eigenvalue weighted by Crippen LogP contribution is -2.09. The number of aliphatic hydroxyl groups is 1. The number of methoxy groups -OCH3 is 1. The second kappa shape index (κ2) is 5.38. The Labute approximate surface area is 95.0 Å². The fourth-order valence-corrected chi connectivity index (χ4v) is 1.26.